The number of benzene rings is 2. The van der Waals surface area contributed by atoms with E-state index in [1.54, 1.807) is 18.2 Å². The fraction of sp³-hybridized carbons (Fsp3) is 0.0909. The third kappa shape index (κ3) is 3.00. The summed E-state index contributed by atoms with van der Waals surface area (Å²) >= 11 is 0. The van der Waals surface area contributed by atoms with Gasteiger partial charge in [-0.3, -0.25) is 0 Å². The number of hydrogen-bond donors (Lipinski definition) is 1. The predicted molar refractivity (Wildman–Crippen MR) is 59.6 cm³/mol. The van der Waals surface area contributed by atoms with Gasteiger partial charge in [0.25, 0.3) is 0 Å². The summed E-state index contributed by atoms with van der Waals surface area (Å²) in [6.45, 7) is 0. The van der Waals surface area contributed by atoms with Gasteiger partial charge in [0.15, 0.2) is 0 Å². The summed E-state index contributed by atoms with van der Waals surface area (Å²) in [4.78, 5) is 0.196. The van der Waals surface area contributed by atoms with Crippen molar-refractivity contribution in [2.75, 3.05) is 7.05 Å². The van der Waals surface area contributed by atoms with Crippen molar-refractivity contribution in [1.82, 2.24) is 4.72 Å². The van der Waals surface area contributed by atoms with Crippen molar-refractivity contribution in [3.8, 4) is 5.75 Å². The van der Waals surface area contributed by atoms with E-state index in [-0.39, 0.29) is 40.2 Å². The molecular weight excluding hydrogens is 249 g/mol. The van der Waals surface area contributed by atoms with Gasteiger partial charge in [-0.2, -0.15) is 0 Å². The molecule has 1 N–H and O–H groups in total. The van der Waals surface area contributed by atoms with Crippen molar-refractivity contribution in [3.05, 3.63) is 36.4 Å². The molecule has 0 bridgehead atoms. The Hall–Kier alpha value is -0.590. The maximum Gasteiger partial charge on any atom is 1.00 e. The molecule has 2 aromatic rings. The Labute approximate surface area is 122 Å². The third-order valence-corrected chi connectivity index (χ3v) is 3.77. The Bertz CT molecular complexity index is 640. The summed E-state index contributed by atoms with van der Waals surface area (Å²) in [7, 11) is -2.07. The van der Waals surface area contributed by atoms with Gasteiger partial charge in [0, 0.05) is 0 Å². The standard InChI is InChI=1S/C11H11NO3S.Na/c1-12-16(14,15)11-5-3-8-6-10(13)4-2-9(8)7-11;/h2-7,12-13H,1H3;/q;+1/p-1. The first-order valence-corrected chi connectivity index (χ1v) is 6.15. The minimum Gasteiger partial charge on any atom is -0.872 e. The number of sulfonamides is 1. The fourth-order valence-corrected chi connectivity index (χ4v) is 2.25. The second kappa shape index (κ2) is 5.37. The molecule has 0 aliphatic rings. The van der Waals surface area contributed by atoms with Gasteiger partial charge in [0.2, 0.25) is 10.0 Å². The summed E-state index contributed by atoms with van der Waals surface area (Å²) < 4.78 is 25.3. The predicted octanol–water partition coefficient (Wildman–Crippen LogP) is -2.17. The Morgan fingerprint density at radius 2 is 1.65 bits per heavy atom. The van der Waals surface area contributed by atoms with Gasteiger partial charge >= 0.3 is 29.6 Å². The molecule has 17 heavy (non-hydrogen) atoms. The second-order valence-corrected chi connectivity index (χ2v) is 5.26. The van der Waals surface area contributed by atoms with Gasteiger partial charge in [-0.1, -0.05) is 24.3 Å². The number of rotatable bonds is 2. The molecule has 0 amide bonds. The normalized spacial score (nSPS) is 11.1. The van der Waals surface area contributed by atoms with Crippen LogP contribution in [-0.2, 0) is 10.0 Å². The largest absolute Gasteiger partial charge is 1.00 e. The van der Waals surface area contributed by atoms with Crippen LogP contribution >= 0.6 is 0 Å². The van der Waals surface area contributed by atoms with Crippen LogP contribution < -0.4 is 39.4 Å². The minimum absolute atomic E-state index is 0. The van der Waals surface area contributed by atoms with Gasteiger partial charge in [0.1, 0.15) is 0 Å². The number of hydrogen-bond acceptors (Lipinski definition) is 3. The molecule has 0 spiro atoms. The summed E-state index contributed by atoms with van der Waals surface area (Å²) in [5, 5.41) is 12.6. The molecule has 0 aliphatic carbocycles. The summed E-state index contributed by atoms with van der Waals surface area (Å²) in [6, 6.07) is 9.16. The van der Waals surface area contributed by atoms with E-state index < -0.39 is 10.0 Å². The van der Waals surface area contributed by atoms with E-state index in [1.165, 1.54) is 25.2 Å². The number of fused-ring (bicyclic) bond motifs is 1. The van der Waals surface area contributed by atoms with Crippen molar-refractivity contribution in [3.63, 3.8) is 0 Å². The molecule has 0 aromatic heterocycles. The van der Waals surface area contributed by atoms with Crippen molar-refractivity contribution in [2.45, 2.75) is 4.90 Å². The zero-order chi connectivity index (χ0) is 11.8. The maximum atomic E-state index is 11.5. The second-order valence-electron chi connectivity index (χ2n) is 3.38. The van der Waals surface area contributed by atoms with Crippen LogP contribution in [0.3, 0.4) is 0 Å². The van der Waals surface area contributed by atoms with Gasteiger partial charge in [-0.05, 0) is 30.0 Å². The van der Waals surface area contributed by atoms with E-state index in [4.69, 9.17) is 0 Å². The van der Waals surface area contributed by atoms with Crippen LogP contribution in [0.2, 0.25) is 0 Å². The molecule has 0 atom stereocenters. The Morgan fingerprint density at radius 1 is 1.06 bits per heavy atom. The van der Waals surface area contributed by atoms with E-state index in [2.05, 4.69) is 4.72 Å². The van der Waals surface area contributed by atoms with Crippen LogP contribution in [0.1, 0.15) is 0 Å². The molecular formula is C11H10NNaO3S. The van der Waals surface area contributed by atoms with Crippen molar-refractivity contribution in [2.24, 2.45) is 0 Å². The van der Waals surface area contributed by atoms with Crippen LogP contribution in [0.15, 0.2) is 41.3 Å². The van der Waals surface area contributed by atoms with E-state index >= 15 is 0 Å². The minimum atomic E-state index is -3.43. The molecule has 0 heterocycles. The maximum absolute atomic E-state index is 11.5. The van der Waals surface area contributed by atoms with Crippen LogP contribution in [0.4, 0.5) is 0 Å². The molecule has 0 aliphatic heterocycles. The van der Waals surface area contributed by atoms with E-state index in [1.807, 2.05) is 0 Å². The molecule has 0 fully saturated rings. The van der Waals surface area contributed by atoms with Crippen molar-refractivity contribution in [1.29, 1.82) is 0 Å². The summed E-state index contributed by atoms with van der Waals surface area (Å²) in [5.74, 6) is -0.0864. The Kier molecular flexibility index (Phi) is 4.57. The SMILES string of the molecule is CNS(=O)(=O)c1ccc2cc([O-])ccc2c1.[Na+]. The molecule has 4 nitrogen and oxygen atoms in total. The topological polar surface area (TPSA) is 69.2 Å². The van der Waals surface area contributed by atoms with E-state index in [0.29, 0.717) is 0 Å². The van der Waals surface area contributed by atoms with Crippen LogP contribution in [0, 0.1) is 0 Å². The molecule has 0 saturated carbocycles. The van der Waals surface area contributed by atoms with Crippen molar-refractivity contribution >= 4 is 20.8 Å². The first-order chi connectivity index (χ1) is 7.53. The molecule has 0 unspecified atom stereocenters. The summed E-state index contributed by atoms with van der Waals surface area (Å²) in [5.41, 5.74) is 0. The first kappa shape index (κ1) is 14.5. The van der Waals surface area contributed by atoms with Crippen molar-refractivity contribution < 1.29 is 43.1 Å². The molecule has 0 radical (unpaired) electrons. The Balaban J connectivity index is 0.00000144. The van der Waals surface area contributed by atoms with E-state index in [0.717, 1.165) is 10.8 Å². The van der Waals surface area contributed by atoms with Gasteiger partial charge in [0.05, 0.1) is 4.90 Å². The zero-order valence-electron chi connectivity index (χ0n) is 9.60. The van der Waals surface area contributed by atoms with E-state index in [9.17, 15) is 13.5 Å². The molecule has 2 rings (SSSR count). The Morgan fingerprint density at radius 3 is 2.29 bits per heavy atom. The first-order valence-electron chi connectivity index (χ1n) is 4.67. The van der Waals surface area contributed by atoms with Gasteiger partial charge in [-0.25, -0.2) is 13.1 Å². The smallest absolute Gasteiger partial charge is 0.872 e. The average molecular weight is 259 g/mol. The monoisotopic (exact) mass is 259 g/mol. The molecule has 0 saturated heterocycles. The quantitative estimate of drug-likeness (QED) is 0.624. The summed E-state index contributed by atoms with van der Waals surface area (Å²) in [6.07, 6.45) is 0. The average Bonchev–Trinajstić information content (AvgIpc) is 2.28. The third-order valence-electron chi connectivity index (χ3n) is 2.36. The van der Waals surface area contributed by atoms with Crippen LogP contribution in [0.5, 0.6) is 5.75 Å². The van der Waals surface area contributed by atoms with Gasteiger partial charge in [-0.15, -0.1) is 5.75 Å². The van der Waals surface area contributed by atoms with Gasteiger partial charge < -0.3 is 5.11 Å². The molecule has 2 aromatic carbocycles. The fourth-order valence-electron chi connectivity index (χ4n) is 1.49. The van der Waals surface area contributed by atoms with Crippen LogP contribution in [-0.4, -0.2) is 15.5 Å². The molecule has 6 heteroatoms. The zero-order valence-corrected chi connectivity index (χ0v) is 12.4. The molecule has 84 valence electrons. The number of nitrogens with one attached hydrogen (secondary N) is 1. The van der Waals surface area contributed by atoms with Crippen LogP contribution in [0.25, 0.3) is 10.8 Å².